The van der Waals surface area contributed by atoms with Crippen LogP contribution < -0.4 is 10.6 Å². The maximum absolute atomic E-state index is 12.5. The Morgan fingerprint density at radius 3 is 2.38 bits per heavy atom. The van der Waals surface area contributed by atoms with E-state index < -0.39 is 6.04 Å². The van der Waals surface area contributed by atoms with Crippen LogP contribution in [0.25, 0.3) is 0 Å². The van der Waals surface area contributed by atoms with E-state index in [1.54, 1.807) is 12.1 Å². The standard InChI is InChI=1S/C18H24N2O3S/c1-11(21)15-8-9-16(24-15)18(23)20-14(10-12-4-2-3-5-12)17(22)19-13-6-7-13/h8-9,12-14H,2-7,10H2,1H3,(H,19,22)(H,20,23)/t14-/m0/s1. The maximum Gasteiger partial charge on any atom is 0.262 e. The summed E-state index contributed by atoms with van der Waals surface area (Å²) in [6.45, 7) is 1.49. The third kappa shape index (κ3) is 4.44. The summed E-state index contributed by atoms with van der Waals surface area (Å²) in [6, 6.07) is 3.12. The van der Waals surface area contributed by atoms with E-state index in [1.807, 2.05) is 0 Å². The summed E-state index contributed by atoms with van der Waals surface area (Å²) in [7, 11) is 0. The number of rotatable bonds is 7. The zero-order valence-corrected chi connectivity index (χ0v) is 14.8. The fourth-order valence-corrected chi connectivity index (χ4v) is 4.02. The SMILES string of the molecule is CC(=O)c1ccc(C(=O)N[C@@H](CC2CCCC2)C(=O)NC2CC2)s1. The van der Waals surface area contributed by atoms with Crippen molar-refractivity contribution in [1.82, 2.24) is 10.6 Å². The Morgan fingerprint density at radius 1 is 1.12 bits per heavy atom. The third-order valence-corrected chi connectivity index (χ3v) is 5.95. The second-order valence-electron chi connectivity index (χ2n) is 6.92. The highest BCUT2D eigenvalue weighted by molar-refractivity contribution is 7.15. The van der Waals surface area contributed by atoms with Gasteiger partial charge in [0.05, 0.1) is 9.75 Å². The van der Waals surface area contributed by atoms with Crippen LogP contribution >= 0.6 is 11.3 Å². The first-order valence-corrected chi connectivity index (χ1v) is 9.56. The molecule has 2 saturated carbocycles. The predicted octanol–water partition coefficient (Wildman–Crippen LogP) is 2.91. The number of thiophene rings is 1. The average Bonchev–Trinajstić information content (AvgIpc) is 3.05. The fourth-order valence-electron chi connectivity index (χ4n) is 3.22. The van der Waals surface area contributed by atoms with Crippen molar-refractivity contribution in [2.75, 3.05) is 0 Å². The van der Waals surface area contributed by atoms with Crippen molar-refractivity contribution in [3.63, 3.8) is 0 Å². The van der Waals surface area contributed by atoms with Gasteiger partial charge < -0.3 is 10.6 Å². The highest BCUT2D eigenvalue weighted by Gasteiger charge is 2.31. The minimum absolute atomic E-state index is 0.0481. The molecule has 2 fully saturated rings. The number of ketones is 1. The van der Waals surface area contributed by atoms with Crippen LogP contribution in [0.15, 0.2) is 12.1 Å². The van der Waals surface area contributed by atoms with Crippen molar-refractivity contribution in [3.05, 3.63) is 21.9 Å². The van der Waals surface area contributed by atoms with Crippen LogP contribution in [-0.4, -0.2) is 29.7 Å². The van der Waals surface area contributed by atoms with Gasteiger partial charge in [-0.2, -0.15) is 0 Å². The maximum atomic E-state index is 12.5. The molecule has 2 aliphatic rings. The van der Waals surface area contributed by atoms with E-state index in [2.05, 4.69) is 10.6 Å². The van der Waals surface area contributed by atoms with E-state index in [0.717, 1.165) is 25.7 Å². The number of hydrogen-bond donors (Lipinski definition) is 2. The van der Waals surface area contributed by atoms with Crippen LogP contribution in [0, 0.1) is 5.92 Å². The average molecular weight is 348 g/mol. The molecule has 0 spiro atoms. The van der Waals surface area contributed by atoms with Gasteiger partial charge in [0.15, 0.2) is 5.78 Å². The van der Waals surface area contributed by atoms with Gasteiger partial charge >= 0.3 is 0 Å². The van der Waals surface area contributed by atoms with Crippen LogP contribution in [0.3, 0.4) is 0 Å². The molecule has 0 radical (unpaired) electrons. The fraction of sp³-hybridized carbons (Fsp3) is 0.611. The summed E-state index contributed by atoms with van der Waals surface area (Å²) in [5, 5.41) is 5.90. The lowest BCUT2D eigenvalue weighted by atomic mass is 9.97. The Balaban J connectivity index is 1.65. The Kier molecular flexibility index (Phi) is 5.33. The van der Waals surface area contributed by atoms with Gasteiger partial charge in [-0.25, -0.2) is 0 Å². The molecule has 0 aliphatic heterocycles. The normalized spacial score (nSPS) is 19.0. The minimum atomic E-state index is -0.482. The van der Waals surface area contributed by atoms with Crippen LogP contribution in [0.1, 0.15) is 71.2 Å². The molecule has 0 saturated heterocycles. The van der Waals surface area contributed by atoms with Gasteiger partial charge in [0, 0.05) is 6.04 Å². The van der Waals surface area contributed by atoms with Crippen LogP contribution in [-0.2, 0) is 4.79 Å². The van der Waals surface area contributed by atoms with E-state index >= 15 is 0 Å². The van der Waals surface area contributed by atoms with E-state index in [0.29, 0.717) is 22.1 Å². The largest absolute Gasteiger partial charge is 0.352 e. The van der Waals surface area contributed by atoms with Gasteiger partial charge in [-0.1, -0.05) is 25.7 Å². The summed E-state index contributed by atoms with van der Waals surface area (Å²) in [5.74, 6) is 0.131. The molecular weight excluding hydrogens is 324 g/mol. The topological polar surface area (TPSA) is 75.3 Å². The minimum Gasteiger partial charge on any atom is -0.352 e. The van der Waals surface area contributed by atoms with Crippen molar-refractivity contribution in [2.45, 2.75) is 64.0 Å². The van der Waals surface area contributed by atoms with Gasteiger partial charge in [-0.15, -0.1) is 11.3 Å². The van der Waals surface area contributed by atoms with E-state index in [9.17, 15) is 14.4 Å². The summed E-state index contributed by atoms with van der Waals surface area (Å²) in [4.78, 5) is 37.4. The molecule has 24 heavy (non-hydrogen) atoms. The van der Waals surface area contributed by atoms with Crippen LogP contribution in [0.5, 0.6) is 0 Å². The van der Waals surface area contributed by atoms with Crippen molar-refractivity contribution >= 4 is 28.9 Å². The molecule has 2 aliphatic carbocycles. The molecule has 1 aromatic heterocycles. The first-order valence-electron chi connectivity index (χ1n) is 8.75. The number of carbonyl (C=O) groups excluding carboxylic acids is 3. The molecule has 130 valence electrons. The number of carbonyl (C=O) groups is 3. The second-order valence-corrected chi connectivity index (χ2v) is 8.00. The molecule has 0 unspecified atom stereocenters. The Bertz CT molecular complexity index is 630. The number of Topliss-reactive ketones (excluding diaryl/α,β-unsaturated/α-hetero) is 1. The zero-order valence-electron chi connectivity index (χ0n) is 14.0. The van der Waals surface area contributed by atoms with Gasteiger partial charge in [0.25, 0.3) is 5.91 Å². The van der Waals surface area contributed by atoms with Gasteiger partial charge in [-0.3, -0.25) is 14.4 Å². The molecule has 0 bridgehead atoms. The van der Waals surface area contributed by atoms with Crippen molar-refractivity contribution < 1.29 is 14.4 Å². The zero-order chi connectivity index (χ0) is 17.1. The predicted molar refractivity (Wildman–Crippen MR) is 93.3 cm³/mol. The molecule has 0 aromatic carbocycles. The Hall–Kier alpha value is -1.69. The van der Waals surface area contributed by atoms with Crippen LogP contribution in [0.4, 0.5) is 0 Å². The number of amides is 2. The highest BCUT2D eigenvalue weighted by Crippen LogP contribution is 2.29. The lowest BCUT2D eigenvalue weighted by Crippen LogP contribution is -2.48. The lowest BCUT2D eigenvalue weighted by Gasteiger charge is -2.21. The molecule has 3 rings (SSSR count). The molecular formula is C18H24N2O3S. The van der Waals surface area contributed by atoms with Crippen molar-refractivity contribution in [1.29, 1.82) is 0 Å². The number of nitrogens with one attached hydrogen (secondary N) is 2. The van der Waals surface area contributed by atoms with Gasteiger partial charge in [0.2, 0.25) is 5.91 Å². The summed E-state index contributed by atoms with van der Waals surface area (Å²) >= 11 is 1.18. The molecule has 1 aromatic rings. The quantitative estimate of drug-likeness (QED) is 0.744. The monoisotopic (exact) mass is 348 g/mol. The summed E-state index contributed by atoms with van der Waals surface area (Å²) < 4.78 is 0. The van der Waals surface area contributed by atoms with E-state index in [-0.39, 0.29) is 23.6 Å². The highest BCUT2D eigenvalue weighted by atomic mass is 32.1. The lowest BCUT2D eigenvalue weighted by molar-refractivity contribution is -0.123. The van der Waals surface area contributed by atoms with Gasteiger partial charge in [-0.05, 0) is 44.2 Å². The van der Waals surface area contributed by atoms with E-state index in [1.165, 1.54) is 31.1 Å². The van der Waals surface area contributed by atoms with E-state index in [4.69, 9.17) is 0 Å². The van der Waals surface area contributed by atoms with Gasteiger partial charge in [0.1, 0.15) is 6.04 Å². The smallest absolute Gasteiger partial charge is 0.262 e. The first-order chi connectivity index (χ1) is 11.5. The molecule has 2 amide bonds. The Labute approximate surface area is 146 Å². The molecule has 1 atom stereocenters. The van der Waals surface area contributed by atoms with Crippen molar-refractivity contribution in [3.8, 4) is 0 Å². The Morgan fingerprint density at radius 2 is 1.79 bits per heavy atom. The van der Waals surface area contributed by atoms with Crippen LogP contribution in [0.2, 0.25) is 0 Å². The summed E-state index contributed by atoms with van der Waals surface area (Å²) in [6.07, 6.45) is 7.46. The van der Waals surface area contributed by atoms with Crippen molar-refractivity contribution in [2.24, 2.45) is 5.92 Å². The molecule has 6 heteroatoms. The third-order valence-electron chi connectivity index (χ3n) is 4.77. The summed E-state index contributed by atoms with van der Waals surface area (Å²) in [5.41, 5.74) is 0. The number of hydrogen-bond acceptors (Lipinski definition) is 4. The second kappa shape index (κ2) is 7.47. The molecule has 5 nitrogen and oxygen atoms in total. The molecule has 1 heterocycles. The first kappa shape index (κ1) is 17.1. The molecule has 2 N–H and O–H groups in total.